The van der Waals surface area contributed by atoms with E-state index in [1.165, 1.54) is 12.8 Å². The zero-order chi connectivity index (χ0) is 10.9. The number of carbonyl (C=O) groups is 1. The van der Waals surface area contributed by atoms with Crippen molar-refractivity contribution in [2.24, 2.45) is 5.41 Å². The van der Waals surface area contributed by atoms with Crippen LogP contribution in [0.3, 0.4) is 0 Å². The number of likely N-dealkylation sites (tertiary alicyclic amines) is 1. The van der Waals surface area contributed by atoms with Crippen molar-refractivity contribution >= 4 is 6.09 Å². The van der Waals surface area contributed by atoms with Gasteiger partial charge in [-0.05, 0) is 44.6 Å². The van der Waals surface area contributed by atoms with Crippen LogP contribution in [-0.4, -0.2) is 41.8 Å². The molecule has 0 aromatic rings. The first-order chi connectivity index (χ1) is 7.11. The lowest BCUT2D eigenvalue weighted by atomic mass is 9.70. The summed E-state index contributed by atoms with van der Waals surface area (Å²) in [6.45, 7) is 4.77. The van der Waals surface area contributed by atoms with Crippen LogP contribution in [0.4, 0.5) is 4.79 Å². The third-order valence-corrected chi connectivity index (χ3v) is 3.98. The second-order valence-electron chi connectivity index (χ2n) is 5.08. The molecule has 86 valence electrons. The number of amides is 1. The van der Waals surface area contributed by atoms with Crippen molar-refractivity contribution < 1.29 is 9.90 Å². The van der Waals surface area contributed by atoms with Gasteiger partial charge in [-0.1, -0.05) is 0 Å². The third kappa shape index (κ3) is 2.25. The molecule has 4 nitrogen and oxygen atoms in total. The van der Waals surface area contributed by atoms with Gasteiger partial charge in [0.2, 0.25) is 0 Å². The van der Waals surface area contributed by atoms with Crippen molar-refractivity contribution in [3.8, 4) is 0 Å². The summed E-state index contributed by atoms with van der Waals surface area (Å²) in [4.78, 5) is 12.4. The van der Waals surface area contributed by atoms with E-state index in [9.17, 15) is 4.79 Å². The zero-order valence-corrected chi connectivity index (χ0v) is 9.33. The molecule has 1 unspecified atom stereocenters. The Labute approximate surface area is 90.6 Å². The maximum absolute atomic E-state index is 10.8. The number of piperidine rings is 2. The second-order valence-corrected chi connectivity index (χ2v) is 5.08. The summed E-state index contributed by atoms with van der Waals surface area (Å²) >= 11 is 0. The fourth-order valence-corrected chi connectivity index (χ4v) is 3.03. The van der Waals surface area contributed by atoms with Crippen molar-refractivity contribution in [1.29, 1.82) is 0 Å². The van der Waals surface area contributed by atoms with Crippen LogP contribution >= 0.6 is 0 Å². The number of hydrogen-bond acceptors (Lipinski definition) is 2. The number of nitrogens with zero attached hydrogens (tertiary/aromatic N) is 1. The topological polar surface area (TPSA) is 52.6 Å². The van der Waals surface area contributed by atoms with Gasteiger partial charge in [-0.3, -0.25) is 0 Å². The highest BCUT2D eigenvalue weighted by molar-refractivity contribution is 5.65. The zero-order valence-electron chi connectivity index (χ0n) is 9.33. The van der Waals surface area contributed by atoms with Crippen LogP contribution in [0.15, 0.2) is 0 Å². The van der Waals surface area contributed by atoms with Crippen molar-refractivity contribution in [1.82, 2.24) is 10.2 Å². The maximum atomic E-state index is 10.8. The molecule has 1 spiro atoms. The van der Waals surface area contributed by atoms with Gasteiger partial charge in [0, 0.05) is 19.1 Å². The molecule has 1 amide bonds. The van der Waals surface area contributed by atoms with Crippen LogP contribution in [0.25, 0.3) is 0 Å². The Kier molecular flexibility index (Phi) is 2.87. The lowest BCUT2D eigenvalue weighted by Crippen LogP contribution is -2.49. The Hall–Kier alpha value is -0.770. The molecular weight excluding hydrogens is 192 g/mol. The van der Waals surface area contributed by atoms with Crippen LogP contribution in [-0.2, 0) is 0 Å². The fourth-order valence-electron chi connectivity index (χ4n) is 3.03. The Bertz CT molecular complexity index is 247. The normalized spacial score (nSPS) is 30.5. The van der Waals surface area contributed by atoms with E-state index in [-0.39, 0.29) is 0 Å². The molecule has 2 fully saturated rings. The first-order valence-corrected chi connectivity index (χ1v) is 5.83. The standard InChI is InChI=1S/C11H20N2O2/c1-9-8-11(2-5-12-9)3-6-13(7-4-11)10(14)15/h9,12H,2-8H2,1H3,(H,14,15). The molecule has 4 heteroatoms. The molecule has 1 atom stereocenters. The van der Waals surface area contributed by atoms with Crippen LogP contribution in [0.5, 0.6) is 0 Å². The Morgan fingerprint density at radius 1 is 1.40 bits per heavy atom. The molecule has 2 heterocycles. The van der Waals surface area contributed by atoms with Gasteiger partial charge in [-0.25, -0.2) is 4.79 Å². The minimum atomic E-state index is -0.758. The van der Waals surface area contributed by atoms with Gasteiger partial charge in [-0.15, -0.1) is 0 Å². The van der Waals surface area contributed by atoms with E-state index in [4.69, 9.17) is 5.11 Å². The van der Waals surface area contributed by atoms with Crippen molar-refractivity contribution in [2.75, 3.05) is 19.6 Å². The molecule has 0 radical (unpaired) electrons. The van der Waals surface area contributed by atoms with Gasteiger partial charge in [0.05, 0.1) is 0 Å². The molecular formula is C11H20N2O2. The average molecular weight is 212 g/mol. The monoisotopic (exact) mass is 212 g/mol. The smallest absolute Gasteiger partial charge is 0.407 e. The number of rotatable bonds is 0. The lowest BCUT2D eigenvalue weighted by molar-refractivity contribution is 0.0591. The highest BCUT2D eigenvalue weighted by atomic mass is 16.4. The molecule has 15 heavy (non-hydrogen) atoms. The lowest BCUT2D eigenvalue weighted by Gasteiger charge is -2.45. The molecule has 0 bridgehead atoms. The summed E-state index contributed by atoms with van der Waals surface area (Å²) in [6, 6.07) is 0.593. The van der Waals surface area contributed by atoms with Crippen LogP contribution in [0, 0.1) is 5.41 Å². The molecule has 0 aromatic carbocycles. The van der Waals surface area contributed by atoms with Gasteiger partial charge in [0.1, 0.15) is 0 Å². The quantitative estimate of drug-likeness (QED) is 0.640. The van der Waals surface area contributed by atoms with Crippen molar-refractivity contribution in [3.63, 3.8) is 0 Å². The van der Waals surface area contributed by atoms with E-state index in [1.807, 2.05) is 0 Å². The van der Waals surface area contributed by atoms with Gasteiger partial charge >= 0.3 is 6.09 Å². The van der Waals surface area contributed by atoms with Crippen molar-refractivity contribution in [3.05, 3.63) is 0 Å². The Balaban J connectivity index is 1.93. The van der Waals surface area contributed by atoms with Gasteiger partial charge < -0.3 is 15.3 Å². The molecule has 0 aromatic heterocycles. The van der Waals surface area contributed by atoms with Gasteiger partial charge in [-0.2, -0.15) is 0 Å². The SMILES string of the molecule is CC1CC2(CCN1)CCN(C(=O)O)CC2. The first kappa shape index (κ1) is 10.7. The maximum Gasteiger partial charge on any atom is 0.407 e. The number of nitrogens with one attached hydrogen (secondary N) is 1. The first-order valence-electron chi connectivity index (χ1n) is 5.83. The van der Waals surface area contributed by atoms with Crippen LogP contribution in [0.1, 0.15) is 32.6 Å². The summed E-state index contributed by atoms with van der Waals surface area (Å²) in [5, 5.41) is 12.3. The second kappa shape index (κ2) is 4.00. The predicted octanol–water partition coefficient (Wildman–Crippen LogP) is 1.52. The van der Waals surface area contributed by atoms with E-state index in [2.05, 4.69) is 12.2 Å². The summed E-state index contributed by atoms with van der Waals surface area (Å²) in [6.07, 6.45) is 3.76. The van der Waals surface area contributed by atoms with E-state index in [0.717, 1.165) is 32.5 Å². The number of hydrogen-bond donors (Lipinski definition) is 2. The molecule has 2 aliphatic rings. The highest BCUT2D eigenvalue weighted by Crippen LogP contribution is 2.41. The van der Waals surface area contributed by atoms with Gasteiger partial charge in [0.15, 0.2) is 0 Å². The molecule has 2 saturated heterocycles. The fraction of sp³-hybridized carbons (Fsp3) is 0.909. The minimum Gasteiger partial charge on any atom is -0.465 e. The predicted molar refractivity (Wildman–Crippen MR) is 58.0 cm³/mol. The third-order valence-electron chi connectivity index (χ3n) is 3.98. The summed E-state index contributed by atoms with van der Waals surface area (Å²) < 4.78 is 0. The summed E-state index contributed by atoms with van der Waals surface area (Å²) in [5.74, 6) is 0. The molecule has 0 aliphatic carbocycles. The van der Waals surface area contributed by atoms with Crippen molar-refractivity contribution in [2.45, 2.75) is 38.6 Å². The van der Waals surface area contributed by atoms with Crippen LogP contribution < -0.4 is 5.32 Å². The van der Waals surface area contributed by atoms with E-state index in [1.54, 1.807) is 4.90 Å². The Morgan fingerprint density at radius 2 is 2.07 bits per heavy atom. The van der Waals surface area contributed by atoms with Gasteiger partial charge in [0.25, 0.3) is 0 Å². The molecule has 2 rings (SSSR count). The van der Waals surface area contributed by atoms with E-state index >= 15 is 0 Å². The average Bonchev–Trinajstić information content (AvgIpc) is 2.18. The minimum absolute atomic E-state index is 0.427. The van der Waals surface area contributed by atoms with E-state index < -0.39 is 6.09 Å². The van der Waals surface area contributed by atoms with E-state index in [0.29, 0.717) is 11.5 Å². The highest BCUT2D eigenvalue weighted by Gasteiger charge is 2.38. The number of carboxylic acid groups (broad SMARTS) is 1. The summed E-state index contributed by atoms with van der Waals surface area (Å²) in [5.41, 5.74) is 0.427. The molecule has 2 aliphatic heterocycles. The van der Waals surface area contributed by atoms with Crippen LogP contribution in [0.2, 0.25) is 0 Å². The molecule has 2 N–H and O–H groups in total. The molecule has 0 saturated carbocycles. The largest absolute Gasteiger partial charge is 0.465 e. The Morgan fingerprint density at radius 3 is 2.60 bits per heavy atom. The summed E-state index contributed by atoms with van der Waals surface area (Å²) in [7, 11) is 0.